The number of hydrogen-bond donors (Lipinski definition) is 3. The number of benzene rings is 2. The van der Waals surface area contributed by atoms with E-state index in [9.17, 15) is 19.5 Å². The second-order valence-electron chi connectivity index (χ2n) is 8.60. The van der Waals surface area contributed by atoms with E-state index in [0.29, 0.717) is 52.2 Å². The lowest BCUT2D eigenvalue weighted by molar-refractivity contribution is -0.170. The van der Waals surface area contributed by atoms with E-state index in [0.717, 1.165) is 11.1 Å². The minimum absolute atomic E-state index is 0.128. The molecule has 0 radical (unpaired) electrons. The fourth-order valence-electron chi connectivity index (χ4n) is 3.87. The van der Waals surface area contributed by atoms with Gasteiger partial charge in [0, 0.05) is 17.7 Å². The normalized spacial score (nSPS) is 13.6. The van der Waals surface area contributed by atoms with E-state index >= 15 is 0 Å². The van der Waals surface area contributed by atoms with Crippen molar-refractivity contribution in [2.24, 2.45) is 5.73 Å². The van der Waals surface area contributed by atoms with Crippen molar-refractivity contribution >= 4 is 23.2 Å². The van der Waals surface area contributed by atoms with Crippen LogP contribution in [-0.2, 0) is 14.3 Å². The lowest BCUT2D eigenvalue weighted by atomic mass is 10.0. The molecule has 2 atom stereocenters. The Labute approximate surface area is 213 Å². The zero-order valence-electron chi connectivity index (χ0n) is 21.4. The molecule has 11 nitrogen and oxygen atoms in total. The lowest BCUT2D eigenvalue weighted by Crippen LogP contribution is -2.52. The van der Waals surface area contributed by atoms with Gasteiger partial charge in [-0.15, -0.1) is 0 Å². The molecule has 3 rings (SSSR count). The third kappa shape index (κ3) is 5.89. The molecule has 11 heteroatoms. The molecule has 2 unspecified atom stereocenters. The number of carboxylic acid groups (broad SMARTS) is 1. The van der Waals surface area contributed by atoms with Crippen LogP contribution in [0.15, 0.2) is 29.1 Å². The van der Waals surface area contributed by atoms with Crippen molar-refractivity contribution in [2.75, 3.05) is 20.8 Å². The predicted octanol–water partition coefficient (Wildman–Crippen LogP) is 2.73. The Kier molecular flexibility index (Phi) is 8.51. The van der Waals surface area contributed by atoms with Gasteiger partial charge in [-0.3, -0.25) is 10.5 Å². The Balaban J connectivity index is 1.92. The zero-order valence-corrected chi connectivity index (χ0v) is 21.4. The molecule has 2 aromatic carbocycles. The van der Waals surface area contributed by atoms with Gasteiger partial charge < -0.3 is 33.8 Å². The van der Waals surface area contributed by atoms with Crippen molar-refractivity contribution in [3.8, 4) is 28.6 Å². The number of nitrogens with two attached hydrogens (primary N) is 1. The summed E-state index contributed by atoms with van der Waals surface area (Å²) in [6, 6.07) is 6.94. The number of aromatic nitrogens is 2. The number of aldehydes is 1. The van der Waals surface area contributed by atoms with E-state index < -0.39 is 24.2 Å². The van der Waals surface area contributed by atoms with Crippen LogP contribution in [0.3, 0.4) is 0 Å². The highest BCUT2D eigenvalue weighted by Gasteiger charge is 2.36. The summed E-state index contributed by atoms with van der Waals surface area (Å²) in [7, 11) is 2.99. The van der Waals surface area contributed by atoms with Crippen LogP contribution in [-0.4, -0.2) is 60.0 Å². The highest BCUT2D eigenvalue weighted by molar-refractivity contribution is 5.87. The summed E-state index contributed by atoms with van der Waals surface area (Å²) in [6.07, 6.45) is -0.100. The van der Waals surface area contributed by atoms with E-state index in [1.165, 1.54) is 14.2 Å². The SMILES string of the molecule is CCC(COC(N)(CC=O)C(=O)O)Oc1c(C)cc(-c2nc3cc(OC)cc(OC)c3c(=O)[nH]2)cc1C. The van der Waals surface area contributed by atoms with Gasteiger partial charge in [-0.25, -0.2) is 9.78 Å². The van der Waals surface area contributed by atoms with Gasteiger partial charge in [0.25, 0.3) is 5.56 Å². The van der Waals surface area contributed by atoms with Gasteiger partial charge >= 0.3 is 5.97 Å². The zero-order chi connectivity index (χ0) is 27.3. The number of carbonyl (C=O) groups is 2. The average Bonchev–Trinajstić information content (AvgIpc) is 2.86. The van der Waals surface area contributed by atoms with Crippen LogP contribution in [0.5, 0.6) is 17.2 Å². The molecule has 198 valence electrons. The Morgan fingerprint density at radius 1 is 1.19 bits per heavy atom. The Bertz CT molecular complexity index is 1350. The monoisotopic (exact) mass is 513 g/mol. The number of nitrogens with one attached hydrogen (secondary N) is 1. The van der Waals surface area contributed by atoms with E-state index in [1.54, 1.807) is 12.1 Å². The standard InChI is InChI=1S/C26H31N3O8/c1-6-17(13-36-26(27,7-8-30)25(32)33)37-22-14(2)9-16(10-15(22)3)23-28-19-11-18(34-4)12-20(35-5)21(19)24(31)29-23/h8-12,17H,6-7,13,27H2,1-5H3,(H,32,33)(H,28,29,31). The van der Waals surface area contributed by atoms with Crippen LogP contribution in [0.2, 0.25) is 0 Å². The summed E-state index contributed by atoms with van der Waals surface area (Å²) in [5.74, 6) is 0.382. The van der Waals surface area contributed by atoms with Crippen molar-refractivity contribution in [3.63, 3.8) is 0 Å². The molecule has 0 fully saturated rings. The second-order valence-corrected chi connectivity index (χ2v) is 8.60. The summed E-state index contributed by atoms with van der Waals surface area (Å²) >= 11 is 0. The minimum atomic E-state index is -2.12. The van der Waals surface area contributed by atoms with Crippen molar-refractivity contribution in [1.82, 2.24) is 9.97 Å². The first-order chi connectivity index (χ1) is 17.6. The van der Waals surface area contributed by atoms with Gasteiger partial charge in [0.2, 0.25) is 5.72 Å². The molecule has 1 aromatic heterocycles. The number of carbonyl (C=O) groups excluding carboxylic acids is 1. The number of aromatic amines is 1. The molecular formula is C26H31N3O8. The number of aryl methyl sites for hydroxylation is 2. The van der Waals surface area contributed by atoms with Crippen LogP contribution < -0.4 is 25.5 Å². The Hall–Kier alpha value is -3.96. The summed E-state index contributed by atoms with van der Waals surface area (Å²) in [6.45, 7) is 5.43. The van der Waals surface area contributed by atoms with Gasteiger partial charge in [0.15, 0.2) is 0 Å². The molecule has 1 heterocycles. The third-order valence-electron chi connectivity index (χ3n) is 5.95. The Morgan fingerprint density at radius 2 is 1.86 bits per heavy atom. The maximum absolute atomic E-state index is 12.9. The number of hydrogen-bond acceptors (Lipinski definition) is 9. The molecule has 0 aliphatic rings. The largest absolute Gasteiger partial charge is 0.497 e. The van der Waals surface area contributed by atoms with Crippen molar-refractivity contribution in [3.05, 3.63) is 45.7 Å². The summed E-state index contributed by atoms with van der Waals surface area (Å²) in [5, 5.41) is 9.63. The predicted molar refractivity (Wildman–Crippen MR) is 136 cm³/mol. The number of carboxylic acids is 1. The average molecular weight is 514 g/mol. The molecule has 0 spiro atoms. The van der Waals surface area contributed by atoms with E-state index in [2.05, 4.69) is 9.97 Å². The number of aliphatic carboxylic acids is 1. The summed E-state index contributed by atoms with van der Waals surface area (Å²) in [5.41, 5.74) is 5.88. The smallest absolute Gasteiger partial charge is 0.351 e. The van der Waals surface area contributed by atoms with Crippen LogP contribution in [0.1, 0.15) is 30.9 Å². The highest BCUT2D eigenvalue weighted by atomic mass is 16.6. The van der Waals surface area contributed by atoms with Gasteiger partial charge in [-0.05, 0) is 43.5 Å². The molecule has 0 amide bonds. The topological polar surface area (TPSA) is 163 Å². The number of H-pyrrole nitrogens is 1. The number of ether oxygens (including phenoxy) is 4. The van der Waals surface area contributed by atoms with Crippen LogP contribution in [0.4, 0.5) is 0 Å². The fourth-order valence-corrected chi connectivity index (χ4v) is 3.87. The van der Waals surface area contributed by atoms with Crippen LogP contribution >= 0.6 is 0 Å². The first kappa shape index (κ1) is 27.6. The highest BCUT2D eigenvalue weighted by Crippen LogP contribution is 2.32. The molecular weight excluding hydrogens is 482 g/mol. The molecule has 0 saturated carbocycles. The fraction of sp³-hybridized carbons (Fsp3) is 0.385. The van der Waals surface area contributed by atoms with Crippen molar-refractivity contribution < 1.29 is 33.6 Å². The number of fused-ring (bicyclic) bond motifs is 1. The van der Waals surface area contributed by atoms with E-state index in [-0.39, 0.29) is 12.2 Å². The Morgan fingerprint density at radius 3 is 2.41 bits per heavy atom. The number of rotatable bonds is 12. The molecule has 0 saturated heterocycles. The number of nitrogens with zero attached hydrogens (tertiary/aromatic N) is 1. The molecule has 4 N–H and O–H groups in total. The van der Waals surface area contributed by atoms with E-state index in [4.69, 9.17) is 24.7 Å². The molecule has 37 heavy (non-hydrogen) atoms. The molecule has 0 aliphatic heterocycles. The van der Waals surface area contributed by atoms with Crippen LogP contribution in [0, 0.1) is 13.8 Å². The lowest BCUT2D eigenvalue weighted by Gasteiger charge is -2.27. The van der Waals surface area contributed by atoms with Crippen molar-refractivity contribution in [2.45, 2.75) is 45.4 Å². The minimum Gasteiger partial charge on any atom is -0.497 e. The van der Waals surface area contributed by atoms with Gasteiger partial charge in [-0.2, -0.15) is 0 Å². The van der Waals surface area contributed by atoms with Gasteiger partial charge in [0.05, 0.1) is 32.8 Å². The number of methoxy groups -OCH3 is 2. The third-order valence-corrected chi connectivity index (χ3v) is 5.95. The summed E-state index contributed by atoms with van der Waals surface area (Å²) in [4.78, 5) is 42.6. The quantitative estimate of drug-likeness (QED) is 0.242. The first-order valence-electron chi connectivity index (χ1n) is 11.6. The molecule has 0 aliphatic carbocycles. The van der Waals surface area contributed by atoms with Gasteiger partial charge in [0.1, 0.15) is 40.8 Å². The van der Waals surface area contributed by atoms with Gasteiger partial charge in [-0.1, -0.05) is 6.92 Å². The van der Waals surface area contributed by atoms with Crippen molar-refractivity contribution in [1.29, 1.82) is 0 Å². The first-order valence-corrected chi connectivity index (χ1v) is 11.6. The maximum Gasteiger partial charge on any atom is 0.351 e. The summed E-state index contributed by atoms with van der Waals surface area (Å²) < 4.78 is 22.2. The van der Waals surface area contributed by atoms with E-state index in [1.807, 2.05) is 32.9 Å². The molecule has 3 aromatic rings. The molecule has 0 bridgehead atoms. The van der Waals surface area contributed by atoms with Crippen LogP contribution in [0.25, 0.3) is 22.3 Å². The maximum atomic E-state index is 12.9. The second kappa shape index (κ2) is 11.4.